The molecule has 4 rings (SSSR count). The number of aromatic nitrogens is 2. The Morgan fingerprint density at radius 2 is 1.93 bits per heavy atom. The van der Waals surface area contributed by atoms with Crippen LogP contribution < -0.4 is 10.9 Å². The molecule has 0 spiro atoms. The van der Waals surface area contributed by atoms with Crippen molar-refractivity contribution < 1.29 is 4.79 Å². The summed E-state index contributed by atoms with van der Waals surface area (Å²) in [5.41, 5.74) is 3.00. The molecule has 29 heavy (non-hydrogen) atoms. The Balaban J connectivity index is 1.60. The number of nitrogens with one attached hydrogen (secondary N) is 1. The topological polar surface area (TPSA) is 64.0 Å². The van der Waals surface area contributed by atoms with Crippen LogP contribution >= 0.6 is 11.3 Å². The number of benzene rings is 1. The van der Waals surface area contributed by atoms with Crippen molar-refractivity contribution in [2.45, 2.75) is 64.5 Å². The van der Waals surface area contributed by atoms with Crippen LogP contribution in [0.3, 0.4) is 0 Å². The van der Waals surface area contributed by atoms with Gasteiger partial charge in [0, 0.05) is 17.0 Å². The van der Waals surface area contributed by atoms with Gasteiger partial charge in [-0.05, 0) is 29.9 Å². The van der Waals surface area contributed by atoms with Crippen molar-refractivity contribution in [3.05, 3.63) is 51.9 Å². The first-order valence-electron chi connectivity index (χ1n) is 10.4. The molecular weight excluding hydrogens is 382 g/mol. The van der Waals surface area contributed by atoms with Gasteiger partial charge in [-0.1, -0.05) is 57.4 Å². The zero-order valence-electron chi connectivity index (χ0n) is 17.0. The molecule has 1 saturated carbocycles. The normalized spacial score (nSPS) is 15.1. The van der Waals surface area contributed by atoms with Crippen molar-refractivity contribution in [2.24, 2.45) is 0 Å². The highest BCUT2D eigenvalue weighted by Gasteiger charge is 2.18. The summed E-state index contributed by atoms with van der Waals surface area (Å²) in [7, 11) is 0. The van der Waals surface area contributed by atoms with E-state index in [1.54, 1.807) is 0 Å². The van der Waals surface area contributed by atoms with Gasteiger partial charge < -0.3 is 5.32 Å². The molecule has 0 unspecified atom stereocenters. The lowest BCUT2D eigenvalue weighted by Gasteiger charge is -2.22. The summed E-state index contributed by atoms with van der Waals surface area (Å²) in [4.78, 5) is 30.7. The maximum Gasteiger partial charge on any atom is 0.263 e. The highest BCUT2D eigenvalue weighted by molar-refractivity contribution is 7.17. The molecule has 6 heteroatoms. The number of rotatable bonds is 5. The summed E-state index contributed by atoms with van der Waals surface area (Å²) in [5, 5.41) is 5.66. The molecule has 1 N–H and O–H groups in total. The highest BCUT2D eigenvalue weighted by atomic mass is 32.1. The van der Waals surface area contributed by atoms with Crippen molar-refractivity contribution in [2.75, 3.05) is 0 Å². The largest absolute Gasteiger partial charge is 0.352 e. The minimum absolute atomic E-state index is 0.0137. The van der Waals surface area contributed by atoms with Crippen molar-refractivity contribution in [3.63, 3.8) is 0 Å². The van der Waals surface area contributed by atoms with E-state index >= 15 is 0 Å². The number of thiophene rings is 1. The predicted molar refractivity (Wildman–Crippen MR) is 118 cm³/mol. The first kappa shape index (κ1) is 19.8. The van der Waals surface area contributed by atoms with Gasteiger partial charge in [0.05, 0.1) is 11.7 Å². The molecule has 0 radical (unpaired) electrons. The van der Waals surface area contributed by atoms with Crippen LogP contribution in [0, 0.1) is 0 Å². The Morgan fingerprint density at radius 1 is 1.21 bits per heavy atom. The van der Waals surface area contributed by atoms with Gasteiger partial charge in [0.25, 0.3) is 5.56 Å². The molecule has 1 aliphatic rings. The van der Waals surface area contributed by atoms with Gasteiger partial charge in [0.15, 0.2) is 0 Å². The summed E-state index contributed by atoms with van der Waals surface area (Å²) in [6.07, 6.45) is 7.11. The fourth-order valence-corrected chi connectivity index (χ4v) is 4.92. The third kappa shape index (κ3) is 4.27. The molecule has 5 nitrogen and oxygen atoms in total. The average molecular weight is 410 g/mol. The van der Waals surface area contributed by atoms with E-state index in [1.807, 2.05) is 5.38 Å². The van der Waals surface area contributed by atoms with Gasteiger partial charge in [-0.15, -0.1) is 11.3 Å². The summed E-state index contributed by atoms with van der Waals surface area (Å²) in [6, 6.07) is 8.57. The number of hydrogen-bond acceptors (Lipinski definition) is 4. The first-order valence-corrected chi connectivity index (χ1v) is 11.3. The average Bonchev–Trinajstić information content (AvgIpc) is 3.16. The van der Waals surface area contributed by atoms with Gasteiger partial charge in [0.2, 0.25) is 5.91 Å². The summed E-state index contributed by atoms with van der Waals surface area (Å²) in [6.45, 7) is 4.34. The third-order valence-corrected chi connectivity index (χ3v) is 6.62. The Hall–Kier alpha value is -2.47. The number of hydrogen-bond donors (Lipinski definition) is 1. The van der Waals surface area contributed by atoms with Gasteiger partial charge in [-0.2, -0.15) is 0 Å². The van der Waals surface area contributed by atoms with Gasteiger partial charge in [-0.3, -0.25) is 14.2 Å². The van der Waals surface area contributed by atoms with Crippen LogP contribution in [0.2, 0.25) is 0 Å². The fourth-order valence-electron chi connectivity index (χ4n) is 4.02. The van der Waals surface area contributed by atoms with Crippen molar-refractivity contribution in [3.8, 4) is 11.1 Å². The fraction of sp³-hybridized carbons (Fsp3) is 0.435. The molecule has 1 aromatic carbocycles. The summed E-state index contributed by atoms with van der Waals surface area (Å²) < 4.78 is 1.43. The van der Waals surface area contributed by atoms with E-state index in [4.69, 9.17) is 0 Å². The lowest BCUT2D eigenvalue weighted by molar-refractivity contribution is -0.122. The smallest absolute Gasteiger partial charge is 0.263 e. The summed E-state index contributed by atoms with van der Waals surface area (Å²) in [5.74, 6) is 0.350. The molecule has 2 heterocycles. The Kier molecular flexibility index (Phi) is 5.81. The van der Waals surface area contributed by atoms with Crippen LogP contribution in [0.4, 0.5) is 0 Å². The molecule has 0 saturated heterocycles. The van der Waals surface area contributed by atoms with E-state index in [2.05, 4.69) is 48.4 Å². The Morgan fingerprint density at radius 3 is 2.62 bits per heavy atom. The molecule has 0 atom stereocenters. The molecule has 2 aromatic heterocycles. The van der Waals surface area contributed by atoms with E-state index in [0.717, 1.165) is 36.8 Å². The van der Waals surface area contributed by atoms with Gasteiger partial charge >= 0.3 is 0 Å². The Labute approximate surface area is 174 Å². The maximum atomic E-state index is 13.1. The predicted octanol–water partition coefficient (Wildman–Crippen LogP) is 4.70. The third-order valence-electron chi connectivity index (χ3n) is 5.73. The number of fused-ring (bicyclic) bond motifs is 1. The molecule has 152 valence electrons. The second-order valence-electron chi connectivity index (χ2n) is 8.19. The molecule has 1 amide bonds. The number of carbonyl (C=O) groups is 1. The number of nitrogens with zero attached hydrogens (tertiary/aromatic N) is 2. The summed E-state index contributed by atoms with van der Waals surface area (Å²) >= 11 is 1.46. The molecule has 0 aliphatic heterocycles. The standard InChI is InChI=1S/C23H27N3O2S/c1-15(2)16-8-10-17(11-9-16)19-13-29-22-21(19)23(28)26(14-24-22)12-20(27)25-18-6-4-3-5-7-18/h8-11,13-15,18H,3-7,12H2,1-2H3,(H,25,27). The second kappa shape index (κ2) is 8.49. The van der Waals surface area contributed by atoms with E-state index < -0.39 is 0 Å². The highest BCUT2D eigenvalue weighted by Crippen LogP contribution is 2.31. The Bertz CT molecular complexity index is 1060. The lowest BCUT2D eigenvalue weighted by Crippen LogP contribution is -2.39. The molecule has 3 aromatic rings. The van der Waals surface area contributed by atoms with Crippen LogP contribution in [-0.4, -0.2) is 21.5 Å². The lowest BCUT2D eigenvalue weighted by atomic mass is 9.95. The van der Waals surface area contributed by atoms with Crippen molar-refractivity contribution >= 4 is 27.5 Å². The van der Waals surface area contributed by atoms with E-state index in [0.29, 0.717) is 16.1 Å². The quantitative estimate of drug-likeness (QED) is 0.664. The zero-order chi connectivity index (χ0) is 20.4. The number of amides is 1. The monoisotopic (exact) mass is 409 g/mol. The molecule has 1 aliphatic carbocycles. The van der Waals surface area contributed by atoms with E-state index in [1.165, 1.54) is 34.2 Å². The SMILES string of the molecule is CC(C)c1ccc(-c2csc3ncn(CC(=O)NC4CCCCC4)c(=O)c23)cc1. The maximum absolute atomic E-state index is 13.1. The minimum Gasteiger partial charge on any atom is -0.352 e. The first-order chi connectivity index (χ1) is 14.0. The molecule has 1 fully saturated rings. The molecular formula is C23H27N3O2S. The molecule has 0 bridgehead atoms. The van der Waals surface area contributed by atoms with Gasteiger partial charge in [-0.25, -0.2) is 4.98 Å². The van der Waals surface area contributed by atoms with Gasteiger partial charge in [0.1, 0.15) is 11.4 Å². The van der Waals surface area contributed by atoms with E-state index in [-0.39, 0.29) is 24.1 Å². The minimum atomic E-state index is -0.155. The van der Waals surface area contributed by atoms with Crippen LogP contribution in [-0.2, 0) is 11.3 Å². The van der Waals surface area contributed by atoms with Crippen LogP contribution in [0.1, 0.15) is 57.4 Å². The van der Waals surface area contributed by atoms with Crippen LogP contribution in [0.25, 0.3) is 21.3 Å². The van der Waals surface area contributed by atoms with Crippen molar-refractivity contribution in [1.29, 1.82) is 0 Å². The van der Waals surface area contributed by atoms with Crippen LogP contribution in [0.5, 0.6) is 0 Å². The number of carbonyl (C=O) groups excluding carboxylic acids is 1. The van der Waals surface area contributed by atoms with Crippen molar-refractivity contribution in [1.82, 2.24) is 14.9 Å². The van der Waals surface area contributed by atoms with Crippen LogP contribution in [0.15, 0.2) is 40.8 Å². The second-order valence-corrected chi connectivity index (χ2v) is 9.04. The van der Waals surface area contributed by atoms with E-state index in [9.17, 15) is 9.59 Å². The zero-order valence-corrected chi connectivity index (χ0v) is 17.8.